The third kappa shape index (κ3) is 4.21. The van der Waals surface area contributed by atoms with Crippen LogP contribution in [0.5, 0.6) is 5.75 Å². The van der Waals surface area contributed by atoms with Crippen molar-refractivity contribution >= 4 is 28.2 Å². The quantitative estimate of drug-likeness (QED) is 0.367. The van der Waals surface area contributed by atoms with E-state index in [1.807, 2.05) is 57.4 Å². The number of aromatic nitrogens is 4. The Morgan fingerprint density at radius 2 is 1.76 bits per heavy atom. The van der Waals surface area contributed by atoms with E-state index in [-0.39, 0.29) is 23.1 Å². The van der Waals surface area contributed by atoms with Crippen molar-refractivity contribution in [3.05, 3.63) is 60.9 Å². The van der Waals surface area contributed by atoms with E-state index >= 15 is 0 Å². The van der Waals surface area contributed by atoms with Crippen LogP contribution in [0.4, 0.5) is 11.4 Å². The fraction of sp³-hybridized carbons (Fsp3) is 0.379. The summed E-state index contributed by atoms with van der Waals surface area (Å²) in [6, 6.07) is 15.0. The molecule has 4 heterocycles. The molecule has 2 aliphatic heterocycles. The average molecular weight is 513 g/mol. The van der Waals surface area contributed by atoms with Gasteiger partial charge in [-0.15, -0.1) is 10.2 Å². The number of rotatable bonds is 7. The van der Waals surface area contributed by atoms with E-state index in [1.54, 1.807) is 16.8 Å². The lowest BCUT2D eigenvalue weighted by Crippen LogP contribution is -2.72. The zero-order valence-corrected chi connectivity index (χ0v) is 21.9. The van der Waals surface area contributed by atoms with Crippen LogP contribution in [-0.2, 0) is 9.53 Å². The van der Waals surface area contributed by atoms with E-state index in [0.717, 1.165) is 42.8 Å². The highest BCUT2D eigenvalue weighted by Crippen LogP contribution is 2.44. The molecule has 1 spiro atoms. The minimum absolute atomic E-state index is 0.0899. The Bertz CT molecular complexity index is 1480. The zero-order chi connectivity index (χ0) is 26.4. The molecule has 1 unspecified atom stereocenters. The topological polar surface area (TPSA) is 96.6 Å². The zero-order valence-electron chi connectivity index (χ0n) is 21.9. The maximum Gasteiger partial charge on any atom is 0.331 e. The normalized spacial score (nSPS) is 16.9. The van der Waals surface area contributed by atoms with Gasteiger partial charge >= 0.3 is 5.97 Å². The molecule has 4 aromatic rings. The van der Waals surface area contributed by atoms with E-state index in [4.69, 9.17) is 4.74 Å². The molecule has 2 aromatic carbocycles. The number of aromatic hydroxyl groups is 1. The summed E-state index contributed by atoms with van der Waals surface area (Å²) in [6.45, 7) is 10.1. The molecule has 1 N–H and O–H groups in total. The maximum atomic E-state index is 12.4. The van der Waals surface area contributed by atoms with Gasteiger partial charge in [-0.1, -0.05) is 26.0 Å². The Morgan fingerprint density at radius 3 is 2.47 bits per heavy atom. The van der Waals surface area contributed by atoms with Crippen LogP contribution in [0.25, 0.3) is 22.2 Å². The van der Waals surface area contributed by atoms with E-state index in [0.29, 0.717) is 17.9 Å². The fourth-order valence-corrected chi connectivity index (χ4v) is 5.70. The first kappa shape index (κ1) is 24.2. The van der Waals surface area contributed by atoms with Gasteiger partial charge in [0.25, 0.3) is 0 Å². The summed E-state index contributed by atoms with van der Waals surface area (Å²) in [4.78, 5) is 17.2. The molecule has 2 aliphatic rings. The Morgan fingerprint density at radius 1 is 1.03 bits per heavy atom. The van der Waals surface area contributed by atoms with Crippen LogP contribution in [0.3, 0.4) is 0 Å². The van der Waals surface area contributed by atoms with Crippen LogP contribution >= 0.6 is 0 Å². The lowest BCUT2D eigenvalue weighted by Gasteiger charge is -2.61. The number of hydrogen-bond donors (Lipinski definition) is 1. The van der Waals surface area contributed by atoms with Gasteiger partial charge in [0.2, 0.25) is 0 Å². The van der Waals surface area contributed by atoms with E-state index in [1.165, 1.54) is 5.69 Å². The van der Waals surface area contributed by atoms with Crippen LogP contribution in [0.2, 0.25) is 0 Å². The Labute approximate surface area is 221 Å². The van der Waals surface area contributed by atoms with Gasteiger partial charge in [-0.25, -0.2) is 4.79 Å². The number of carbonyl (C=O) groups is 1. The Kier molecular flexibility index (Phi) is 5.93. The molecule has 196 valence electrons. The molecule has 0 bridgehead atoms. The lowest BCUT2D eigenvalue weighted by atomic mass is 9.72. The second-order valence-electron chi connectivity index (χ2n) is 10.8. The molecule has 2 fully saturated rings. The predicted octanol–water partition coefficient (Wildman–Crippen LogP) is 4.29. The number of carbonyl (C=O) groups excluding carboxylic acids is 1. The van der Waals surface area contributed by atoms with Crippen molar-refractivity contribution in [1.29, 1.82) is 0 Å². The first-order valence-electron chi connectivity index (χ1n) is 13.1. The SMILES string of the molecule is CCOC(=O)C(C(C)C)n1cc(N2CC3(CN(c4ccc5nnc(-c6ccccc6O)cc5c4)C3)C2)cn1. The molecular formula is C29H32N6O3. The molecular weight excluding hydrogens is 480 g/mol. The number of hydrogen-bond acceptors (Lipinski definition) is 8. The van der Waals surface area contributed by atoms with Crippen LogP contribution in [0.1, 0.15) is 26.8 Å². The number of nitrogens with zero attached hydrogens (tertiary/aromatic N) is 6. The van der Waals surface area contributed by atoms with Crippen molar-refractivity contribution in [2.75, 3.05) is 42.6 Å². The van der Waals surface area contributed by atoms with Gasteiger partial charge in [0.1, 0.15) is 5.75 Å². The van der Waals surface area contributed by atoms with Crippen molar-refractivity contribution < 1.29 is 14.6 Å². The van der Waals surface area contributed by atoms with Crippen molar-refractivity contribution in [2.24, 2.45) is 11.3 Å². The first-order valence-corrected chi connectivity index (χ1v) is 13.1. The van der Waals surface area contributed by atoms with Gasteiger partial charge in [0, 0.05) is 54.4 Å². The smallest absolute Gasteiger partial charge is 0.331 e. The standard InChI is InChI=1S/C29H32N6O3/c1-4-38-28(37)27(19(2)3)35-14-22(13-30-35)34-17-29(18-34)15-33(16-29)21-9-10-24-20(11-21)12-25(32-31-24)23-7-5-6-8-26(23)36/h5-14,19,27,36H,4,15-18H2,1-3H3. The van der Waals surface area contributed by atoms with Gasteiger partial charge in [0.15, 0.2) is 6.04 Å². The number of benzene rings is 2. The molecule has 38 heavy (non-hydrogen) atoms. The molecule has 9 nitrogen and oxygen atoms in total. The van der Waals surface area contributed by atoms with Crippen molar-refractivity contribution in [2.45, 2.75) is 26.8 Å². The maximum absolute atomic E-state index is 12.4. The summed E-state index contributed by atoms with van der Waals surface area (Å²) in [6.07, 6.45) is 3.82. The van der Waals surface area contributed by atoms with E-state index < -0.39 is 6.04 Å². The molecule has 6 rings (SSSR count). The number of ether oxygens (including phenoxy) is 1. The van der Waals surface area contributed by atoms with E-state index in [9.17, 15) is 9.90 Å². The predicted molar refractivity (Wildman–Crippen MR) is 146 cm³/mol. The molecule has 2 aromatic heterocycles. The lowest BCUT2D eigenvalue weighted by molar-refractivity contribution is -0.149. The molecule has 9 heteroatoms. The molecule has 1 atom stereocenters. The largest absolute Gasteiger partial charge is 0.507 e. The molecule has 0 aliphatic carbocycles. The second kappa shape index (κ2) is 9.31. The summed E-state index contributed by atoms with van der Waals surface area (Å²) in [5.41, 5.74) is 4.65. The summed E-state index contributed by atoms with van der Waals surface area (Å²) >= 11 is 0. The molecule has 0 radical (unpaired) electrons. The Hall–Kier alpha value is -4.14. The number of para-hydroxylation sites is 1. The minimum Gasteiger partial charge on any atom is -0.507 e. The highest BCUT2D eigenvalue weighted by Gasteiger charge is 2.52. The number of esters is 1. The highest BCUT2D eigenvalue weighted by molar-refractivity contribution is 5.86. The van der Waals surface area contributed by atoms with Crippen LogP contribution in [-0.4, -0.2) is 63.8 Å². The number of phenolic OH excluding ortho intramolecular Hbond substituents is 1. The molecule has 0 amide bonds. The van der Waals surface area contributed by atoms with Gasteiger partial charge in [-0.05, 0) is 49.2 Å². The van der Waals surface area contributed by atoms with Crippen molar-refractivity contribution in [3.63, 3.8) is 0 Å². The van der Waals surface area contributed by atoms with Crippen molar-refractivity contribution in [1.82, 2.24) is 20.0 Å². The average Bonchev–Trinajstić information content (AvgIpc) is 3.31. The van der Waals surface area contributed by atoms with Gasteiger partial charge in [-0.2, -0.15) is 5.10 Å². The van der Waals surface area contributed by atoms with Crippen LogP contribution < -0.4 is 9.80 Å². The van der Waals surface area contributed by atoms with Gasteiger partial charge in [0.05, 0.1) is 29.7 Å². The number of anilines is 2. The summed E-state index contributed by atoms with van der Waals surface area (Å²) in [5, 5.41) is 24.4. The number of fused-ring (bicyclic) bond motifs is 1. The minimum atomic E-state index is -0.415. The summed E-state index contributed by atoms with van der Waals surface area (Å²) < 4.78 is 7.01. The third-order valence-electron chi connectivity index (χ3n) is 7.62. The fourth-order valence-electron chi connectivity index (χ4n) is 5.70. The van der Waals surface area contributed by atoms with Crippen molar-refractivity contribution in [3.8, 4) is 17.0 Å². The summed E-state index contributed by atoms with van der Waals surface area (Å²) in [5.74, 6) is 0.0516. The third-order valence-corrected chi connectivity index (χ3v) is 7.62. The Balaban J connectivity index is 1.11. The summed E-state index contributed by atoms with van der Waals surface area (Å²) in [7, 11) is 0. The van der Waals surface area contributed by atoms with Gasteiger partial charge in [-0.3, -0.25) is 4.68 Å². The molecule has 0 saturated carbocycles. The highest BCUT2D eigenvalue weighted by atomic mass is 16.5. The molecule has 2 saturated heterocycles. The van der Waals surface area contributed by atoms with Crippen LogP contribution in [0, 0.1) is 11.3 Å². The van der Waals surface area contributed by atoms with E-state index in [2.05, 4.69) is 37.2 Å². The second-order valence-corrected chi connectivity index (χ2v) is 10.8. The monoisotopic (exact) mass is 512 g/mol. The van der Waals surface area contributed by atoms with Crippen LogP contribution in [0.15, 0.2) is 60.9 Å². The number of phenols is 1. The first-order chi connectivity index (χ1) is 18.4. The van der Waals surface area contributed by atoms with Gasteiger partial charge < -0.3 is 19.6 Å².